The SMILES string of the molecule is COc1ccccc1NC(=O)N1CCC2(CC1)C(=O)N(CC(=O)NC1CCCCC1)CN2c1ccccc1. The van der Waals surface area contributed by atoms with Gasteiger partial charge in [-0.05, 0) is 49.9 Å². The van der Waals surface area contributed by atoms with Crippen molar-refractivity contribution in [2.24, 2.45) is 0 Å². The van der Waals surface area contributed by atoms with Crippen molar-refractivity contribution in [1.29, 1.82) is 0 Å². The van der Waals surface area contributed by atoms with Crippen LogP contribution in [0, 0.1) is 0 Å². The molecule has 3 aliphatic rings. The van der Waals surface area contributed by atoms with Crippen molar-refractivity contribution < 1.29 is 19.1 Å². The maximum Gasteiger partial charge on any atom is 0.321 e. The first-order valence-corrected chi connectivity index (χ1v) is 13.6. The number of urea groups is 1. The number of para-hydroxylation sites is 3. The Kier molecular flexibility index (Phi) is 7.72. The van der Waals surface area contributed by atoms with Crippen LogP contribution in [0.2, 0.25) is 0 Å². The Bertz CT molecular complexity index is 1140. The maximum absolute atomic E-state index is 13.9. The van der Waals surface area contributed by atoms with E-state index in [-0.39, 0.29) is 30.4 Å². The lowest BCUT2D eigenvalue weighted by molar-refractivity contribution is -0.137. The number of nitrogens with one attached hydrogen (secondary N) is 2. The molecule has 1 spiro atoms. The van der Waals surface area contributed by atoms with Gasteiger partial charge in [-0.1, -0.05) is 49.6 Å². The molecule has 0 unspecified atom stereocenters. The lowest BCUT2D eigenvalue weighted by Crippen LogP contribution is -2.58. The maximum atomic E-state index is 13.9. The van der Waals surface area contributed by atoms with E-state index < -0.39 is 5.54 Å². The number of amides is 4. The molecular formula is C29H37N5O4. The molecule has 1 saturated carbocycles. The van der Waals surface area contributed by atoms with Crippen LogP contribution >= 0.6 is 0 Å². The number of hydrogen-bond acceptors (Lipinski definition) is 5. The van der Waals surface area contributed by atoms with Crippen LogP contribution in [0.3, 0.4) is 0 Å². The Morgan fingerprint density at radius 1 is 0.974 bits per heavy atom. The second kappa shape index (κ2) is 11.3. The van der Waals surface area contributed by atoms with E-state index in [2.05, 4.69) is 15.5 Å². The Hall–Kier alpha value is -3.75. The molecule has 4 amide bonds. The van der Waals surface area contributed by atoms with Crippen molar-refractivity contribution in [3.63, 3.8) is 0 Å². The van der Waals surface area contributed by atoms with Crippen molar-refractivity contribution in [2.75, 3.05) is 43.6 Å². The highest BCUT2D eigenvalue weighted by atomic mass is 16.5. The number of carbonyl (C=O) groups excluding carboxylic acids is 3. The number of rotatable bonds is 6. The number of piperidine rings is 1. The number of methoxy groups -OCH3 is 1. The standard InChI is InChI=1S/C29H37N5O4/c1-38-25-15-9-8-14-24(25)31-28(37)32-18-16-29(17-19-32)27(36)33(21-34(29)23-12-6-3-7-13-23)20-26(35)30-22-10-4-2-5-11-22/h3,6-9,12-15,22H,2,4-5,10-11,16-21H2,1H3,(H,30,35)(H,31,37). The summed E-state index contributed by atoms with van der Waals surface area (Å²) in [6.07, 6.45) is 6.49. The first-order valence-electron chi connectivity index (χ1n) is 13.6. The average molecular weight is 520 g/mol. The minimum absolute atomic E-state index is 0.0371. The summed E-state index contributed by atoms with van der Waals surface area (Å²) >= 11 is 0. The second-order valence-electron chi connectivity index (χ2n) is 10.5. The molecule has 202 valence electrons. The summed E-state index contributed by atoms with van der Waals surface area (Å²) < 4.78 is 5.36. The van der Waals surface area contributed by atoms with Gasteiger partial charge in [0.25, 0.3) is 5.91 Å². The van der Waals surface area contributed by atoms with Crippen LogP contribution in [0.15, 0.2) is 54.6 Å². The molecule has 0 bridgehead atoms. The molecule has 2 saturated heterocycles. The zero-order valence-corrected chi connectivity index (χ0v) is 22.0. The van der Waals surface area contributed by atoms with Crippen LogP contribution in [0.5, 0.6) is 5.75 Å². The molecule has 2 N–H and O–H groups in total. The summed E-state index contributed by atoms with van der Waals surface area (Å²) in [7, 11) is 1.57. The van der Waals surface area contributed by atoms with Gasteiger partial charge in [-0.25, -0.2) is 4.79 Å². The molecule has 9 heteroatoms. The van der Waals surface area contributed by atoms with Crippen LogP contribution in [0.1, 0.15) is 44.9 Å². The van der Waals surface area contributed by atoms with Gasteiger partial charge in [-0.3, -0.25) is 9.59 Å². The van der Waals surface area contributed by atoms with Gasteiger partial charge < -0.3 is 30.1 Å². The van der Waals surface area contributed by atoms with E-state index in [4.69, 9.17) is 4.74 Å². The molecule has 2 aliphatic heterocycles. The summed E-state index contributed by atoms with van der Waals surface area (Å²) in [5, 5.41) is 6.08. The lowest BCUT2D eigenvalue weighted by Gasteiger charge is -2.43. The van der Waals surface area contributed by atoms with Gasteiger partial charge in [-0.2, -0.15) is 0 Å². The molecule has 9 nitrogen and oxygen atoms in total. The number of likely N-dealkylation sites (tertiary alicyclic amines) is 1. The molecular weight excluding hydrogens is 482 g/mol. The predicted octanol–water partition coefficient (Wildman–Crippen LogP) is 3.82. The number of nitrogens with zero attached hydrogens (tertiary/aromatic N) is 3. The molecule has 2 heterocycles. The van der Waals surface area contributed by atoms with Gasteiger partial charge in [0.1, 0.15) is 17.8 Å². The summed E-state index contributed by atoms with van der Waals surface area (Å²) in [5.74, 6) is 0.464. The highest BCUT2D eigenvalue weighted by molar-refractivity contribution is 5.97. The monoisotopic (exact) mass is 519 g/mol. The second-order valence-corrected chi connectivity index (χ2v) is 10.5. The Morgan fingerprint density at radius 2 is 1.66 bits per heavy atom. The predicted molar refractivity (Wildman–Crippen MR) is 146 cm³/mol. The summed E-state index contributed by atoms with van der Waals surface area (Å²) in [6.45, 7) is 1.27. The van der Waals surface area contributed by atoms with Gasteiger partial charge in [0.05, 0.1) is 19.5 Å². The van der Waals surface area contributed by atoms with Gasteiger partial charge in [0.2, 0.25) is 5.91 Å². The molecule has 2 aromatic rings. The minimum Gasteiger partial charge on any atom is -0.495 e. The number of ether oxygens (including phenoxy) is 1. The quantitative estimate of drug-likeness (QED) is 0.605. The van der Waals surface area contributed by atoms with E-state index in [1.54, 1.807) is 29.0 Å². The minimum atomic E-state index is -0.784. The molecule has 3 fully saturated rings. The van der Waals surface area contributed by atoms with Gasteiger partial charge >= 0.3 is 6.03 Å². The number of benzene rings is 2. The fourth-order valence-corrected chi connectivity index (χ4v) is 6.04. The number of anilines is 2. The largest absolute Gasteiger partial charge is 0.495 e. The van der Waals surface area contributed by atoms with Crippen molar-refractivity contribution in [3.8, 4) is 5.75 Å². The van der Waals surface area contributed by atoms with E-state index in [0.29, 0.717) is 44.0 Å². The van der Waals surface area contributed by atoms with E-state index in [1.807, 2.05) is 42.5 Å². The van der Waals surface area contributed by atoms with E-state index >= 15 is 0 Å². The molecule has 1 aliphatic carbocycles. The number of hydrogen-bond donors (Lipinski definition) is 2. The van der Waals surface area contributed by atoms with Gasteiger partial charge in [0.15, 0.2) is 0 Å². The van der Waals surface area contributed by atoms with Crippen LogP contribution in [-0.4, -0.2) is 72.6 Å². The third-order valence-corrected chi connectivity index (χ3v) is 8.11. The number of carbonyl (C=O) groups is 3. The van der Waals surface area contributed by atoms with Crippen molar-refractivity contribution in [1.82, 2.24) is 15.1 Å². The highest BCUT2D eigenvalue weighted by Gasteiger charge is 2.54. The fraction of sp³-hybridized carbons (Fsp3) is 0.483. The van der Waals surface area contributed by atoms with Crippen molar-refractivity contribution in [2.45, 2.75) is 56.5 Å². The first-order chi connectivity index (χ1) is 18.5. The summed E-state index contributed by atoms with van der Waals surface area (Å²) in [4.78, 5) is 45.4. The van der Waals surface area contributed by atoms with E-state index in [0.717, 1.165) is 31.4 Å². The molecule has 38 heavy (non-hydrogen) atoms. The smallest absolute Gasteiger partial charge is 0.321 e. The van der Waals surface area contributed by atoms with E-state index in [1.165, 1.54) is 6.42 Å². The summed E-state index contributed by atoms with van der Waals surface area (Å²) in [6, 6.07) is 17.2. The lowest BCUT2D eigenvalue weighted by atomic mass is 9.85. The average Bonchev–Trinajstić information content (AvgIpc) is 3.20. The molecule has 0 atom stereocenters. The fourth-order valence-electron chi connectivity index (χ4n) is 6.04. The molecule has 0 aromatic heterocycles. The molecule has 0 radical (unpaired) electrons. The van der Waals surface area contributed by atoms with Crippen LogP contribution in [-0.2, 0) is 9.59 Å². The van der Waals surface area contributed by atoms with Crippen molar-refractivity contribution >= 4 is 29.2 Å². The Balaban J connectivity index is 1.28. The van der Waals surface area contributed by atoms with Crippen LogP contribution in [0.4, 0.5) is 16.2 Å². The Labute approximate surface area is 224 Å². The zero-order chi connectivity index (χ0) is 26.5. The molecule has 5 rings (SSSR count). The Morgan fingerprint density at radius 3 is 2.37 bits per heavy atom. The van der Waals surface area contributed by atoms with Crippen LogP contribution < -0.4 is 20.3 Å². The van der Waals surface area contributed by atoms with E-state index in [9.17, 15) is 14.4 Å². The van der Waals surface area contributed by atoms with Crippen molar-refractivity contribution in [3.05, 3.63) is 54.6 Å². The topological polar surface area (TPSA) is 94.2 Å². The normalized spacial score (nSPS) is 19.5. The van der Waals surface area contributed by atoms with Gasteiger partial charge in [-0.15, -0.1) is 0 Å². The highest BCUT2D eigenvalue weighted by Crippen LogP contribution is 2.39. The molecule has 2 aromatic carbocycles. The van der Waals surface area contributed by atoms with Gasteiger partial charge in [0, 0.05) is 24.8 Å². The third-order valence-electron chi connectivity index (χ3n) is 8.11. The first kappa shape index (κ1) is 25.9. The third kappa shape index (κ3) is 5.28. The van der Waals surface area contributed by atoms with Crippen LogP contribution in [0.25, 0.3) is 0 Å². The summed E-state index contributed by atoms with van der Waals surface area (Å²) in [5.41, 5.74) is 0.773. The zero-order valence-electron chi connectivity index (χ0n) is 22.0.